The minimum absolute atomic E-state index is 0.00886. The zero-order chi connectivity index (χ0) is 24.2. The summed E-state index contributed by atoms with van der Waals surface area (Å²) in [5.74, 6) is 0.299. The van der Waals surface area contributed by atoms with Gasteiger partial charge in [0.2, 0.25) is 5.91 Å². The highest BCUT2D eigenvalue weighted by atomic mass is 32.2. The second-order valence-electron chi connectivity index (χ2n) is 8.97. The molecule has 1 aliphatic carbocycles. The van der Waals surface area contributed by atoms with Crippen molar-refractivity contribution in [1.82, 2.24) is 14.5 Å². The molecule has 5 nitrogen and oxygen atoms in total. The number of fused-ring (bicyclic) bond motifs is 3. The highest BCUT2D eigenvalue weighted by molar-refractivity contribution is 7.99. The van der Waals surface area contributed by atoms with Crippen LogP contribution in [0.1, 0.15) is 34.4 Å². The van der Waals surface area contributed by atoms with Gasteiger partial charge in [0, 0.05) is 25.0 Å². The van der Waals surface area contributed by atoms with Gasteiger partial charge in [0.25, 0.3) is 5.56 Å². The molecule has 0 saturated heterocycles. The van der Waals surface area contributed by atoms with Gasteiger partial charge in [-0.2, -0.15) is 0 Å². The van der Waals surface area contributed by atoms with Crippen molar-refractivity contribution in [3.8, 4) is 0 Å². The second-order valence-corrected chi connectivity index (χ2v) is 11.0. The summed E-state index contributed by atoms with van der Waals surface area (Å²) in [6.45, 7) is 1.21. The molecule has 2 heterocycles. The third kappa shape index (κ3) is 5.36. The van der Waals surface area contributed by atoms with Gasteiger partial charge >= 0.3 is 0 Å². The first-order valence-corrected chi connectivity index (χ1v) is 13.9. The molecule has 180 valence electrons. The molecular weight excluding hydrogens is 474 g/mol. The number of rotatable bonds is 8. The lowest BCUT2D eigenvalue weighted by Gasteiger charge is -2.23. The number of carbonyl (C=O) groups excluding carboxylic acids is 1. The Hall–Kier alpha value is -2.90. The lowest BCUT2D eigenvalue weighted by atomic mass is 9.97. The van der Waals surface area contributed by atoms with Crippen LogP contribution in [-0.4, -0.2) is 32.7 Å². The van der Waals surface area contributed by atoms with Crippen molar-refractivity contribution in [3.05, 3.63) is 92.6 Å². The number of thioether (sulfide) groups is 1. The first-order chi connectivity index (χ1) is 17.1. The van der Waals surface area contributed by atoms with E-state index in [1.807, 2.05) is 53.4 Å². The van der Waals surface area contributed by atoms with Crippen LogP contribution >= 0.6 is 23.1 Å². The Morgan fingerprint density at radius 3 is 2.46 bits per heavy atom. The first-order valence-electron chi connectivity index (χ1n) is 12.1. The fourth-order valence-electron chi connectivity index (χ4n) is 4.62. The molecule has 5 rings (SSSR count). The summed E-state index contributed by atoms with van der Waals surface area (Å²) in [7, 11) is 1.77. The van der Waals surface area contributed by atoms with Gasteiger partial charge in [0.1, 0.15) is 4.83 Å². The lowest BCUT2D eigenvalue weighted by Crippen LogP contribution is -2.34. The molecule has 1 amide bonds. The Labute approximate surface area is 213 Å². The summed E-state index contributed by atoms with van der Waals surface area (Å²) in [4.78, 5) is 35.4. The molecule has 0 saturated carbocycles. The van der Waals surface area contributed by atoms with Gasteiger partial charge in [-0.1, -0.05) is 72.4 Å². The van der Waals surface area contributed by atoms with Crippen molar-refractivity contribution in [3.63, 3.8) is 0 Å². The molecule has 35 heavy (non-hydrogen) atoms. The third-order valence-corrected chi connectivity index (χ3v) is 8.76. The summed E-state index contributed by atoms with van der Waals surface area (Å²) in [6, 6.07) is 20.3. The molecule has 0 N–H and O–H groups in total. The molecule has 0 bridgehead atoms. The van der Waals surface area contributed by atoms with Gasteiger partial charge in [-0.15, -0.1) is 11.3 Å². The quantitative estimate of drug-likeness (QED) is 0.244. The molecule has 0 atom stereocenters. The summed E-state index contributed by atoms with van der Waals surface area (Å²) >= 11 is 3.01. The van der Waals surface area contributed by atoms with E-state index in [-0.39, 0.29) is 17.2 Å². The number of amides is 1. The van der Waals surface area contributed by atoms with Crippen LogP contribution in [0.15, 0.2) is 70.6 Å². The summed E-state index contributed by atoms with van der Waals surface area (Å²) < 4.78 is 1.62. The minimum Gasteiger partial charge on any atom is -0.337 e. The van der Waals surface area contributed by atoms with Crippen LogP contribution in [0.3, 0.4) is 0 Å². The Bertz CT molecular complexity index is 1380. The van der Waals surface area contributed by atoms with E-state index in [2.05, 4.69) is 12.1 Å². The van der Waals surface area contributed by atoms with Gasteiger partial charge in [-0.25, -0.2) is 4.98 Å². The molecular formula is C28H29N3O2S2. The average molecular weight is 504 g/mol. The normalized spacial score (nSPS) is 13.1. The summed E-state index contributed by atoms with van der Waals surface area (Å²) in [5, 5.41) is 1.40. The van der Waals surface area contributed by atoms with Gasteiger partial charge < -0.3 is 4.90 Å². The second kappa shape index (κ2) is 10.8. The number of thiophene rings is 1. The number of aryl methyl sites for hydroxylation is 2. The molecule has 2 aromatic heterocycles. The third-order valence-electron chi connectivity index (χ3n) is 6.56. The maximum absolute atomic E-state index is 13.4. The molecule has 1 aliphatic rings. The van der Waals surface area contributed by atoms with Crippen LogP contribution in [0.2, 0.25) is 0 Å². The van der Waals surface area contributed by atoms with E-state index in [4.69, 9.17) is 4.98 Å². The summed E-state index contributed by atoms with van der Waals surface area (Å²) in [6.07, 6.45) is 5.11. The highest BCUT2D eigenvalue weighted by Gasteiger charge is 2.22. The van der Waals surface area contributed by atoms with Crippen molar-refractivity contribution in [2.24, 2.45) is 7.05 Å². The van der Waals surface area contributed by atoms with Crippen molar-refractivity contribution in [1.29, 1.82) is 0 Å². The predicted octanol–water partition coefficient (Wildman–Crippen LogP) is 5.24. The van der Waals surface area contributed by atoms with Gasteiger partial charge in [0.05, 0.1) is 11.1 Å². The number of carbonyl (C=O) groups is 1. The zero-order valence-electron chi connectivity index (χ0n) is 19.9. The fourth-order valence-corrected chi connectivity index (χ4v) is 6.80. The molecule has 7 heteroatoms. The fraction of sp³-hybridized carbons (Fsp3) is 0.321. The average Bonchev–Trinajstić information content (AvgIpc) is 3.27. The van der Waals surface area contributed by atoms with E-state index in [0.717, 1.165) is 41.5 Å². The molecule has 0 radical (unpaired) electrons. The predicted molar refractivity (Wildman–Crippen MR) is 144 cm³/mol. The Balaban J connectivity index is 1.33. The number of hydrogen-bond donors (Lipinski definition) is 0. The molecule has 0 fully saturated rings. The van der Waals surface area contributed by atoms with Gasteiger partial charge in [-0.3, -0.25) is 14.2 Å². The molecule has 0 spiro atoms. The smallest absolute Gasteiger partial charge is 0.262 e. The van der Waals surface area contributed by atoms with E-state index in [1.165, 1.54) is 34.2 Å². The van der Waals surface area contributed by atoms with E-state index >= 15 is 0 Å². The Kier molecular flexibility index (Phi) is 7.35. The van der Waals surface area contributed by atoms with Crippen molar-refractivity contribution in [2.75, 3.05) is 12.3 Å². The number of benzene rings is 2. The highest BCUT2D eigenvalue weighted by Crippen LogP contribution is 2.34. The van der Waals surface area contributed by atoms with Crippen molar-refractivity contribution in [2.45, 2.75) is 43.8 Å². The van der Waals surface area contributed by atoms with Gasteiger partial charge in [0.15, 0.2) is 5.16 Å². The van der Waals surface area contributed by atoms with E-state index < -0.39 is 0 Å². The lowest BCUT2D eigenvalue weighted by molar-refractivity contribution is -0.128. The van der Waals surface area contributed by atoms with Crippen LogP contribution in [0.25, 0.3) is 10.2 Å². The molecule has 2 aromatic carbocycles. The van der Waals surface area contributed by atoms with Crippen LogP contribution < -0.4 is 5.56 Å². The Morgan fingerprint density at radius 1 is 1.03 bits per heavy atom. The Morgan fingerprint density at radius 2 is 1.71 bits per heavy atom. The van der Waals surface area contributed by atoms with Crippen LogP contribution in [0.4, 0.5) is 0 Å². The van der Waals surface area contributed by atoms with Crippen LogP contribution in [0, 0.1) is 0 Å². The van der Waals surface area contributed by atoms with Crippen molar-refractivity contribution < 1.29 is 4.79 Å². The number of nitrogens with zero attached hydrogens (tertiary/aromatic N) is 3. The molecule has 4 aromatic rings. The minimum atomic E-state index is 0.00886. The van der Waals surface area contributed by atoms with E-state index in [9.17, 15) is 9.59 Å². The first kappa shape index (κ1) is 23.8. The summed E-state index contributed by atoms with van der Waals surface area (Å²) in [5.41, 5.74) is 3.53. The van der Waals surface area contributed by atoms with Crippen LogP contribution in [0.5, 0.6) is 0 Å². The zero-order valence-corrected chi connectivity index (χ0v) is 21.5. The van der Waals surface area contributed by atoms with E-state index in [1.54, 1.807) is 23.0 Å². The molecule has 0 unspecified atom stereocenters. The largest absolute Gasteiger partial charge is 0.337 e. The maximum atomic E-state index is 13.4. The maximum Gasteiger partial charge on any atom is 0.262 e. The van der Waals surface area contributed by atoms with Crippen molar-refractivity contribution >= 4 is 39.2 Å². The van der Waals surface area contributed by atoms with E-state index in [0.29, 0.717) is 18.2 Å². The molecule has 0 aliphatic heterocycles. The SMILES string of the molecule is Cn1c(SCC(=O)N(CCc2ccccc2)Cc2ccccc2)nc2sc3c(c2c1=O)CCCC3. The topological polar surface area (TPSA) is 55.2 Å². The van der Waals surface area contributed by atoms with Crippen LogP contribution in [-0.2, 0) is 37.6 Å². The number of hydrogen-bond acceptors (Lipinski definition) is 5. The standard InChI is InChI=1S/C28H29N3O2S2/c1-30-27(33)25-22-14-8-9-15-23(22)35-26(25)29-28(30)34-19-24(32)31(18-21-12-6-3-7-13-21)17-16-20-10-4-2-5-11-20/h2-7,10-13H,8-9,14-19H2,1H3. The van der Waals surface area contributed by atoms with Gasteiger partial charge in [-0.05, 0) is 48.8 Å². The number of aromatic nitrogens is 2. The monoisotopic (exact) mass is 503 g/mol.